The standard InChI is InChI=1S/C20H22N4O2/c1-13-7-6-8-14(11-13)18(24(2)3)20(26)21-12-17-22-16-10-5-4-9-15(16)19(25)23-17/h4-11,18H,12H2,1-3H3,(H,21,26)(H,22,23,25)/t18-/m1/s1. The van der Waals surface area contributed by atoms with Crippen LogP contribution in [0.4, 0.5) is 0 Å². The number of carbonyl (C=O) groups excluding carboxylic acids is 1. The highest BCUT2D eigenvalue weighted by molar-refractivity contribution is 5.83. The number of aromatic amines is 1. The molecule has 0 saturated carbocycles. The van der Waals surface area contributed by atoms with Crippen LogP contribution in [0.25, 0.3) is 10.9 Å². The van der Waals surface area contributed by atoms with E-state index in [1.165, 1.54) is 0 Å². The number of amides is 1. The number of nitrogens with zero attached hydrogens (tertiary/aromatic N) is 2. The van der Waals surface area contributed by atoms with Crippen LogP contribution in [0.1, 0.15) is 23.0 Å². The van der Waals surface area contributed by atoms with Gasteiger partial charge in [-0.05, 0) is 38.7 Å². The van der Waals surface area contributed by atoms with E-state index in [0.717, 1.165) is 11.1 Å². The fourth-order valence-electron chi connectivity index (χ4n) is 3.01. The minimum Gasteiger partial charge on any atom is -0.347 e. The summed E-state index contributed by atoms with van der Waals surface area (Å²) in [5.74, 6) is 0.292. The fraction of sp³-hybridized carbons (Fsp3) is 0.250. The molecule has 26 heavy (non-hydrogen) atoms. The Balaban J connectivity index is 1.79. The van der Waals surface area contributed by atoms with Crippen LogP contribution in [-0.2, 0) is 11.3 Å². The molecule has 134 valence electrons. The lowest BCUT2D eigenvalue weighted by Gasteiger charge is -2.24. The monoisotopic (exact) mass is 350 g/mol. The van der Waals surface area contributed by atoms with Gasteiger partial charge >= 0.3 is 0 Å². The van der Waals surface area contributed by atoms with E-state index in [-0.39, 0.29) is 18.0 Å². The number of para-hydroxylation sites is 1. The maximum atomic E-state index is 12.7. The molecule has 0 radical (unpaired) electrons. The molecular formula is C20H22N4O2. The second-order valence-corrected chi connectivity index (χ2v) is 6.53. The van der Waals surface area contributed by atoms with Gasteiger partial charge in [-0.25, -0.2) is 4.98 Å². The molecule has 0 saturated heterocycles. The van der Waals surface area contributed by atoms with Gasteiger partial charge in [0.25, 0.3) is 5.56 Å². The van der Waals surface area contributed by atoms with Crippen molar-refractivity contribution in [3.63, 3.8) is 0 Å². The van der Waals surface area contributed by atoms with Gasteiger partial charge < -0.3 is 10.3 Å². The molecule has 0 unspecified atom stereocenters. The molecule has 2 N–H and O–H groups in total. The molecule has 6 heteroatoms. The number of rotatable bonds is 5. The first-order valence-electron chi connectivity index (χ1n) is 8.44. The van der Waals surface area contributed by atoms with Crippen molar-refractivity contribution in [1.82, 2.24) is 20.2 Å². The molecule has 2 aromatic carbocycles. The summed E-state index contributed by atoms with van der Waals surface area (Å²) in [5, 5.41) is 3.41. The van der Waals surface area contributed by atoms with Gasteiger partial charge in [0.15, 0.2) is 0 Å². The molecule has 0 bridgehead atoms. The summed E-state index contributed by atoms with van der Waals surface area (Å²) in [6.45, 7) is 2.16. The van der Waals surface area contributed by atoms with Crippen molar-refractivity contribution in [2.75, 3.05) is 14.1 Å². The van der Waals surface area contributed by atoms with Gasteiger partial charge in [-0.15, -0.1) is 0 Å². The molecule has 0 aliphatic carbocycles. The molecule has 1 amide bonds. The molecule has 1 aromatic heterocycles. The Morgan fingerprint density at radius 3 is 2.69 bits per heavy atom. The van der Waals surface area contributed by atoms with Crippen LogP contribution < -0.4 is 10.9 Å². The third-order valence-corrected chi connectivity index (χ3v) is 4.21. The summed E-state index contributed by atoms with van der Waals surface area (Å²) >= 11 is 0. The van der Waals surface area contributed by atoms with Crippen molar-refractivity contribution in [2.45, 2.75) is 19.5 Å². The lowest BCUT2D eigenvalue weighted by atomic mass is 10.0. The second-order valence-electron chi connectivity index (χ2n) is 6.53. The van der Waals surface area contributed by atoms with Crippen LogP contribution in [0.15, 0.2) is 53.3 Å². The second kappa shape index (κ2) is 7.49. The predicted molar refractivity (Wildman–Crippen MR) is 102 cm³/mol. The Morgan fingerprint density at radius 1 is 1.19 bits per heavy atom. The molecule has 1 atom stereocenters. The van der Waals surface area contributed by atoms with Gasteiger partial charge in [-0.3, -0.25) is 14.5 Å². The van der Waals surface area contributed by atoms with E-state index in [9.17, 15) is 9.59 Å². The van der Waals surface area contributed by atoms with E-state index in [2.05, 4.69) is 15.3 Å². The first-order chi connectivity index (χ1) is 12.5. The highest BCUT2D eigenvalue weighted by Crippen LogP contribution is 2.19. The Hall–Kier alpha value is -2.99. The van der Waals surface area contributed by atoms with Crippen molar-refractivity contribution in [3.05, 3.63) is 75.8 Å². The smallest absolute Gasteiger partial charge is 0.258 e. The van der Waals surface area contributed by atoms with Crippen LogP contribution in [0, 0.1) is 6.92 Å². The molecule has 3 aromatic rings. The van der Waals surface area contributed by atoms with Crippen LogP contribution in [-0.4, -0.2) is 34.9 Å². The number of carbonyl (C=O) groups is 1. The van der Waals surface area contributed by atoms with Crippen LogP contribution in [0.5, 0.6) is 0 Å². The lowest BCUT2D eigenvalue weighted by Crippen LogP contribution is -2.37. The van der Waals surface area contributed by atoms with E-state index < -0.39 is 6.04 Å². The average Bonchev–Trinajstić information content (AvgIpc) is 2.60. The normalized spacial score (nSPS) is 12.3. The number of hydrogen-bond acceptors (Lipinski definition) is 4. The van der Waals surface area contributed by atoms with E-state index in [0.29, 0.717) is 16.7 Å². The van der Waals surface area contributed by atoms with Gasteiger partial charge in [0, 0.05) is 0 Å². The van der Waals surface area contributed by atoms with E-state index in [4.69, 9.17) is 0 Å². The minimum atomic E-state index is -0.415. The van der Waals surface area contributed by atoms with Gasteiger partial charge in [-0.1, -0.05) is 42.0 Å². The number of aryl methyl sites for hydroxylation is 1. The quantitative estimate of drug-likeness (QED) is 0.739. The Labute approximate surface area is 151 Å². The highest BCUT2D eigenvalue weighted by Gasteiger charge is 2.23. The van der Waals surface area contributed by atoms with Crippen molar-refractivity contribution in [1.29, 1.82) is 0 Å². The summed E-state index contributed by atoms with van der Waals surface area (Å²) in [5.41, 5.74) is 2.43. The summed E-state index contributed by atoms with van der Waals surface area (Å²) < 4.78 is 0. The Bertz CT molecular complexity index is 994. The maximum Gasteiger partial charge on any atom is 0.258 e. The van der Waals surface area contributed by atoms with Crippen LogP contribution >= 0.6 is 0 Å². The first kappa shape index (κ1) is 17.8. The molecule has 0 aliphatic heterocycles. The van der Waals surface area contributed by atoms with Gasteiger partial charge in [0.1, 0.15) is 11.9 Å². The minimum absolute atomic E-state index is 0.142. The van der Waals surface area contributed by atoms with Crippen molar-refractivity contribution >= 4 is 16.8 Å². The zero-order chi connectivity index (χ0) is 18.7. The zero-order valence-electron chi connectivity index (χ0n) is 15.1. The van der Waals surface area contributed by atoms with E-state index in [1.54, 1.807) is 18.2 Å². The van der Waals surface area contributed by atoms with Crippen molar-refractivity contribution < 1.29 is 4.79 Å². The fourth-order valence-corrected chi connectivity index (χ4v) is 3.01. The molecule has 6 nitrogen and oxygen atoms in total. The van der Waals surface area contributed by atoms with Crippen LogP contribution in [0.3, 0.4) is 0 Å². The van der Waals surface area contributed by atoms with Crippen LogP contribution in [0.2, 0.25) is 0 Å². The molecule has 0 fully saturated rings. The highest BCUT2D eigenvalue weighted by atomic mass is 16.2. The Kier molecular flexibility index (Phi) is 5.14. The van der Waals surface area contributed by atoms with E-state index >= 15 is 0 Å². The number of H-pyrrole nitrogens is 1. The maximum absolute atomic E-state index is 12.7. The summed E-state index contributed by atoms with van der Waals surface area (Å²) in [4.78, 5) is 33.9. The number of fused-ring (bicyclic) bond motifs is 1. The topological polar surface area (TPSA) is 78.1 Å². The average molecular weight is 350 g/mol. The molecule has 1 heterocycles. The first-order valence-corrected chi connectivity index (χ1v) is 8.44. The number of nitrogens with one attached hydrogen (secondary N) is 2. The number of benzene rings is 2. The molecule has 3 rings (SSSR count). The SMILES string of the molecule is Cc1cccc([C@H](C(=O)NCc2nc3ccccc3c(=O)[nH]2)N(C)C)c1. The Morgan fingerprint density at radius 2 is 1.96 bits per heavy atom. The van der Waals surface area contributed by atoms with Gasteiger partial charge in [0.2, 0.25) is 5.91 Å². The summed E-state index contributed by atoms with van der Waals surface area (Å²) in [6.07, 6.45) is 0. The molecular weight excluding hydrogens is 328 g/mol. The predicted octanol–water partition coefficient (Wildman–Crippen LogP) is 2.15. The molecule has 0 aliphatic rings. The number of aromatic nitrogens is 2. The lowest BCUT2D eigenvalue weighted by molar-refractivity contribution is -0.126. The summed E-state index contributed by atoms with van der Waals surface area (Å²) in [6, 6.07) is 14.6. The number of hydrogen-bond donors (Lipinski definition) is 2. The van der Waals surface area contributed by atoms with Crippen molar-refractivity contribution in [3.8, 4) is 0 Å². The van der Waals surface area contributed by atoms with Gasteiger partial charge in [-0.2, -0.15) is 0 Å². The van der Waals surface area contributed by atoms with Crippen molar-refractivity contribution in [2.24, 2.45) is 0 Å². The summed E-state index contributed by atoms with van der Waals surface area (Å²) in [7, 11) is 3.73. The van der Waals surface area contributed by atoms with E-state index in [1.807, 2.05) is 56.3 Å². The number of likely N-dealkylation sites (N-methyl/N-ethyl adjacent to an activating group) is 1. The zero-order valence-corrected chi connectivity index (χ0v) is 15.1. The van der Waals surface area contributed by atoms with Gasteiger partial charge in [0.05, 0.1) is 17.4 Å². The third-order valence-electron chi connectivity index (χ3n) is 4.21. The molecule has 0 spiro atoms. The third kappa shape index (κ3) is 3.81. The largest absolute Gasteiger partial charge is 0.347 e.